The smallest absolute Gasteiger partial charge is 0.316 e. The summed E-state index contributed by atoms with van der Waals surface area (Å²) in [7, 11) is 0. The van der Waals surface area contributed by atoms with Gasteiger partial charge in [0.1, 0.15) is 5.33 Å². The van der Waals surface area contributed by atoms with Crippen molar-refractivity contribution in [3.05, 3.63) is 0 Å². The number of aliphatic carboxylic acids is 1. The van der Waals surface area contributed by atoms with E-state index in [9.17, 15) is 4.79 Å². The highest BCUT2D eigenvalue weighted by atomic mass is 79.9. The van der Waals surface area contributed by atoms with Gasteiger partial charge in [0.15, 0.2) is 0 Å². The standard InChI is InChI=1S/C2H3BrO2.Mg.2H/c3-1-2(4)5;;;/h1H2,(H,4,5);;;. The molecule has 0 heterocycles. The van der Waals surface area contributed by atoms with Crippen LogP contribution in [0.5, 0.6) is 0 Å². The van der Waals surface area contributed by atoms with Crippen molar-refractivity contribution in [2.45, 2.75) is 0 Å². The van der Waals surface area contributed by atoms with Crippen molar-refractivity contribution in [3.8, 4) is 0 Å². The van der Waals surface area contributed by atoms with Gasteiger partial charge in [0.25, 0.3) is 0 Å². The van der Waals surface area contributed by atoms with Gasteiger partial charge >= 0.3 is 29.0 Å². The molecule has 4 heteroatoms. The third-order valence-electron chi connectivity index (χ3n) is 0.114. The third kappa shape index (κ3) is 8.83. The van der Waals surface area contributed by atoms with Crippen LogP contribution in [0.1, 0.15) is 0 Å². The number of alkyl halides is 1. The van der Waals surface area contributed by atoms with Crippen LogP contribution in [0.15, 0.2) is 0 Å². The van der Waals surface area contributed by atoms with Gasteiger partial charge in [0.05, 0.1) is 0 Å². The maximum Gasteiger partial charge on any atom is 0.316 e. The molecule has 1 N–H and O–H groups in total. The Labute approximate surface area is 60.2 Å². The van der Waals surface area contributed by atoms with Crippen molar-refractivity contribution >= 4 is 45.0 Å². The van der Waals surface area contributed by atoms with E-state index in [4.69, 9.17) is 5.11 Å². The van der Waals surface area contributed by atoms with Gasteiger partial charge in [-0.2, -0.15) is 0 Å². The minimum Gasteiger partial charge on any atom is -0.481 e. The number of hydrogen-bond donors (Lipinski definition) is 1. The topological polar surface area (TPSA) is 37.3 Å². The van der Waals surface area contributed by atoms with E-state index >= 15 is 0 Å². The van der Waals surface area contributed by atoms with Crippen molar-refractivity contribution < 1.29 is 9.90 Å². The normalized spacial score (nSPS) is 6.17. The molecule has 0 aromatic heterocycles. The third-order valence-corrected chi connectivity index (χ3v) is 0.594. The average Bonchev–Trinajstić information content (AvgIpc) is 1.38. The Hall–Kier alpha value is 0.716. The monoisotopic (exact) mass is 164 g/mol. The number of hydrogen-bond acceptors (Lipinski definition) is 1. The molecule has 0 aliphatic carbocycles. The molecule has 0 radical (unpaired) electrons. The summed E-state index contributed by atoms with van der Waals surface area (Å²) >= 11 is 2.71. The zero-order valence-corrected chi connectivity index (χ0v) is 4.03. The molecule has 0 fully saturated rings. The lowest BCUT2D eigenvalue weighted by molar-refractivity contribution is -0.133. The fourth-order valence-corrected chi connectivity index (χ4v) is 0. The van der Waals surface area contributed by atoms with Gasteiger partial charge in [-0.05, 0) is 0 Å². The molecule has 0 unspecified atom stereocenters. The first-order valence-corrected chi connectivity index (χ1v) is 2.17. The van der Waals surface area contributed by atoms with Crippen LogP contribution < -0.4 is 0 Å². The second-order valence-electron chi connectivity index (χ2n) is 0.527. The number of halogens is 1. The molecule has 0 aromatic rings. The molecule has 0 saturated heterocycles. The maximum atomic E-state index is 9.32. The van der Waals surface area contributed by atoms with E-state index in [0.717, 1.165) is 0 Å². The first-order chi connectivity index (χ1) is 2.27. The number of carboxylic acid groups (broad SMARTS) is 1. The van der Waals surface area contributed by atoms with Gasteiger partial charge in [-0.25, -0.2) is 0 Å². The van der Waals surface area contributed by atoms with E-state index in [-0.39, 0.29) is 28.4 Å². The molecule has 0 saturated carbocycles. The average molecular weight is 165 g/mol. The van der Waals surface area contributed by atoms with Gasteiger partial charge in [-0.15, -0.1) is 0 Å². The predicted octanol–water partition coefficient (Wildman–Crippen LogP) is -0.450. The van der Waals surface area contributed by atoms with Crippen molar-refractivity contribution in [1.82, 2.24) is 0 Å². The summed E-state index contributed by atoms with van der Waals surface area (Å²) in [6.45, 7) is 0. The minimum absolute atomic E-state index is 0. The van der Waals surface area contributed by atoms with Crippen molar-refractivity contribution in [2.24, 2.45) is 0 Å². The van der Waals surface area contributed by atoms with E-state index < -0.39 is 5.97 Å². The van der Waals surface area contributed by atoms with E-state index in [1.54, 1.807) is 0 Å². The van der Waals surface area contributed by atoms with Crippen LogP contribution in [-0.4, -0.2) is 39.5 Å². The first kappa shape index (κ1) is 9.87. The second-order valence-corrected chi connectivity index (χ2v) is 1.09. The molecular weight excluding hydrogens is 160 g/mol. The van der Waals surface area contributed by atoms with E-state index in [0.29, 0.717) is 0 Å². The molecule has 0 atom stereocenters. The Balaban J connectivity index is 0. The summed E-state index contributed by atoms with van der Waals surface area (Å²) in [6, 6.07) is 0. The quantitative estimate of drug-likeness (QED) is 0.422. The zero-order valence-electron chi connectivity index (χ0n) is 2.44. The van der Waals surface area contributed by atoms with Gasteiger partial charge in [0, 0.05) is 0 Å². The highest BCUT2D eigenvalue weighted by Crippen LogP contribution is 1.73. The summed E-state index contributed by atoms with van der Waals surface area (Å²) in [4.78, 5) is 9.32. The van der Waals surface area contributed by atoms with Crippen LogP contribution in [0.3, 0.4) is 0 Å². The fourth-order valence-electron chi connectivity index (χ4n) is 0. The minimum atomic E-state index is -0.829. The van der Waals surface area contributed by atoms with Crippen molar-refractivity contribution in [3.63, 3.8) is 0 Å². The van der Waals surface area contributed by atoms with E-state index in [1.165, 1.54) is 0 Å². The van der Waals surface area contributed by atoms with Crippen LogP contribution in [0.25, 0.3) is 0 Å². The largest absolute Gasteiger partial charge is 0.481 e. The molecule has 0 amide bonds. The molecule has 34 valence electrons. The molecule has 0 aliphatic rings. The highest BCUT2D eigenvalue weighted by Gasteiger charge is 1.83. The Morgan fingerprint density at radius 1 is 1.83 bits per heavy atom. The Morgan fingerprint density at radius 3 is 2.00 bits per heavy atom. The number of rotatable bonds is 1. The molecule has 2 nitrogen and oxygen atoms in total. The van der Waals surface area contributed by atoms with Crippen LogP contribution in [-0.2, 0) is 4.79 Å². The van der Waals surface area contributed by atoms with E-state index in [1.807, 2.05) is 0 Å². The van der Waals surface area contributed by atoms with Crippen molar-refractivity contribution in [2.75, 3.05) is 5.33 Å². The Morgan fingerprint density at radius 2 is 2.00 bits per heavy atom. The highest BCUT2D eigenvalue weighted by molar-refractivity contribution is 9.09. The fraction of sp³-hybridized carbons (Fsp3) is 0.500. The van der Waals surface area contributed by atoms with Crippen LogP contribution >= 0.6 is 15.9 Å². The summed E-state index contributed by atoms with van der Waals surface area (Å²) in [5.74, 6) is -0.829. The summed E-state index contributed by atoms with van der Waals surface area (Å²) in [6.07, 6.45) is 0. The van der Waals surface area contributed by atoms with Crippen LogP contribution in [0, 0.1) is 0 Å². The lowest BCUT2D eigenvalue weighted by atomic mass is 10.8. The van der Waals surface area contributed by atoms with Crippen LogP contribution in [0.4, 0.5) is 0 Å². The van der Waals surface area contributed by atoms with Gasteiger partial charge in [-0.1, -0.05) is 15.9 Å². The first-order valence-electron chi connectivity index (χ1n) is 1.05. The summed E-state index contributed by atoms with van der Waals surface area (Å²) < 4.78 is 0. The molecule has 6 heavy (non-hydrogen) atoms. The summed E-state index contributed by atoms with van der Waals surface area (Å²) in [5, 5.41) is 7.71. The molecule has 0 rings (SSSR count). The molecule has 0 bridgehead atoms. The van der Waals surface area contributed by atoms with Crippen LogP contribution in [0.2, 0.25) is 0 Å². The predicted molar refractivity (Wildman–Crippen MR) is 30.0 cm³/mol. The second kappa shape index (κ2) is 5.72. The van der Waals surface area contributed by atoms with Crippen molar-refractivity contribution in [1.29, 1.82) is 0 Å². The van der Waals surface area contributed by atoms with Gasteiger partial charge in [0.2, 0.25) is 0 Å². The number of carboxylic acids is 1. The van der Waals surface area contributed by atoms with Gasteiger partial charge < -0.3 is 5.11 Å². The summed E-state index contributed by atoms with van der Waals surface area (Å²) in [5.41, 5.74) is 0. The molecule has 0 aromatic carbocycles. The Kier molecular flexibility index (Phi) is 9.40. The Bertz CT molecular complexity index is 46.8. The lowest BCUT2D eigenvalue weighted by Crippen LogP contribution is -1.92. The molecular formula is C2H5BrMgO2. The van der Waals surface area contributed by atoms with E-state index in [2.05, 4.69) is 15.9 Å². The SMILES string of the molecule is O=C(O)CBr.[MgH2]. The zero-order chi connectivity index (χ0) is 4.28. The molecule has 0 spiro atoms. The maximum absolute atomic E-state index is 9.32. The lowest BCUT2D eigenvalue weighted by Gasteiger charge is -1.70. The van der Waals surface area contributed by atoms with Gasteiger partial charge in [-0.3, -0.25) is 4.79 Å². The number of carbonyl (C=O) groups is 1. The molecule has 0 aliphatic heterocycles.